The van der Waals surface area contributed by atoms with Crippen LogP contribution in [0.1, 0.15) is 44.4 Å². The monoisotopic (exact) mass is 670 g/mol. The molecule has 44 heavy (non-hydrogen) atoms. The summed E-state index contributed by atoms with van der Waals surface area (Å²) >= 11 is 6.90. The van der Waals surface area contributed by atoms with E-state index in [2.05, 4.69) is 29.0 Å². The number of alkyl halides is 3. The molecule has 15 heteroatoms. The number of nitrogens with zero attached hydrogens (tertiary/aromatic N) is 5. The van der Waals surface area contributed by atoms with Crippen molar-refractivity contribution in [2.45, 2.75) is 62.1 Å². The fourth-order valence-electron chi connectivity index (χ4n) is 5.79. The quantitative estimate of drug-likeness (QED) is 0.314. The number of carbonyl (C=O) groups excluding carboxylic acids is 1. The lowest BCUT2D eigenvalue weighted by molar-refractivity contribution is -0.137. The van der Waals surface area contributed by atoms with Gasteiger partial charge in [-0.2, -0.15) is 17.5 Å². The third kappa shape index (κ3) is 7.04. The minimum absolute atomic E-state index is 0.00941. The summed E-state index contributed by atoms with van der Waals surface area (Å²) in [4.78, 5) is 27.2. The van der Waals surface area contributed by atoms with E-state index in [1.807, 2.05) is 0 Å². The van der Waals surface area contributed by atoms with Crippen molar-refractivity contribution in [3.63, 3.8) is 0 Å². The van der Waals surface area contributed by atoms with Crippen molar-refractivity contribution in [2.24, 2.45) is 0 Å². The first-order chi connectivity index (χ1) is 20.9. The molecule has 2 aliphatic heterocycles. The third-order valence-electron chi connectivity index (χ3n) is 8.11. The number of thiophene rings is 1. The number of hydrogen-bond acceptors (Lipinski definition) is 8. The number of benzene rings is 1. The maximum Gasteiger partial charge on any atom is 0.416 e. The summed E-state index contributed by atoms with van der Waals surface area (Å²) in [6, 6.07) is 8.79. The lowest BCUT2D eigenvalue weighted by Gasteiger charge is -2.26. The zero-order valence-electron chi connectivity index (χ0n) is 24.3. The lowest BCUT2D eigenvalue weighted by atomic mass is 10.1. The number of aromatic nitrogens is 2. The largest absolute Gasteiger partial charge is 0.416 e. The number of nitrogens with one attached hydrogen (secondary N) is 1. The molecular weight excluding hydrogens is 637 g/mol. The predicted octanol–water partition coefficient (Wildman–Crippen LogP) is 5.27. The zero-order valence-corrected chi connectivity index (χ0v) is 26.7. The summed E-state index contributed by atoms with van der Waals surface area (Å²) in [5.41, 5.74) is 0.614. The second-order valence-corrected chi connectivity index (χ2v) is 14.6. The first-order valence-corrected chi connectivity index (χ1v) is 17.1. The summed E-state index contributed by atoms with van der Waals surface area (Å²) in [5.74, 6) is -0.0197. The van der Waals surface area contributed by atoms with Gasteiger partial charge in [0.05, 0.1) is 27.8 Å². The zero-order chi connectivity index (χ0) is 31.6. The maximum atomic E-state index is 13.3. The Morgan fingerprint density at radius 2 is 1.82 bits per heavy atom. The van der Waals surface area contributed by atoms with Crippen LogP contribution in [0.4, 0.5) is 19.1 Å². The standard InChI is InChI=1S/C29H34ClF3N6O3S2/c1-3-37(4-2)22-13-15-38(18-22)28-35-21(16-23(36-28)19-7-9-20(10-8-19)29(31,32)33)17-34-27(40)24-6-5-14-39(24)44(41,42)26-12-11-25(30)43-26/h7-12,16,22,24H,3-6,13-15,17-18H2,1-2H3,(H,34,40)/t22?,24-/m0/s1. The van der Waals surface area contributed by atoms with Crippen molar-refractivity contribution in [1.82, 2.24) is 24.5 Å². The average molecular weight is 671 g/mol. The van der Waals surface area contributed by atoms with Gasteiger partial charge in [0.1, 0.15) is 10.3 Å². The molecule has 2 aliphatic rings. The van der Waals surface area contributed by atoms with Crippen molar-refractivity contribution in [1.29, 1.82) is 0 Å². The number of halogens is 4. The van der Waals surface area contributed by atoms with Crippen LogP contribution in [0.3, 0.4) is 0 Å². The van der Waals surface area contributed by atoms with Crippen LogP contribution in [0.2, 0.25) is 4.34 Å². The molecule has 2 fully saturated rings. The summed E-state index contributed by atoms with van der Waals surface area (Å²) in [5, 5.41) is 2.84. The van der Waals surface area contributed by atoms with Gasteiger partial charge in [0.15, 0.2) is 0 Å². The molecular formula is C29H34ClF3N6O3S2. The number of anilines is 1. The molecule has 0 spiro atoms. The van der Waals surface area contributed by atoms with Crippen LogP contribution in [0.25, 0.3) is 11.3 Å². The van der Waals surface area contributed by atoms with Crippen LogP contribution >= 0.6 is 22.9 Å². The van der Waals surface area contributed by atoms with E-state index < -0.39 is 33.7 Å². The van der Waals surface area contributed by atoms with Gasteiger partial charge in [-0.15, -0.1) is 11.3 Å². The number of rotatable bonds is 10. The second kappa shape index (κ2) is 13.3. The van der Waals surface area contributed by atoms with Crippen LogP contribution in [0.5, 0.6) is 0 Å². The molecule has 2 aromatic heterocycles. The van der Waals surface area contributed by atoms with Crippen LogP contribution in [0, 0.1) is 0 Å². The normalized spacial score (nSPS) is 19.7. The van der Waals surface area contributed by atoms with Gasteiger partial charge < -0.3 is 10.2 Å². The number of hydrogen-bond donors (Lipinski definition) is 1. The smallest absolute Gasteiger partial charge is 0.349 e. The van der Waals surface area contributed by atoms with Gasteiger partial charge in [-0.25, -0.2) is 18.4 Å². The molecule has 0 aliphatic carbocycles. The highest BCUT2D eigenvalue weighted by Gasteiger charge is 2.40. The average Bonchev–Trinajstić information content (AvgIpc) is 3.78. The molecule has 4 heterocycles. The second-order valence-electron chi connectivity index (χ2n) is 10.8. The molecule has 0 saturated carbocycles. The predicted molar refractivity (Wildman–Crippen MR) is 164 cm³/mol. The molecule has 0 bridgehead atoms. The van der Waals surface area contributed by atoms with Crippen LogP contribution < -0.4 is 10.2 Å². The summed E-state index contributed by atoms with van der Waals surface area (Å²) in [6.07, 6.45) is -2.63. The highest BCUT2D eigenvalue weighted by molar-refractivity contribution is 7.91. The minimum Gasteiger partial charge on any atom is -0.349 e. The van der Waals surface area contributed by atoms with E-state index in [0.29, 0.717) is 59.2 Å². The summed E-state index contributed by atoms with van der Waals surface area (Å²) in [6.45, 7) is 7.66. The maximum absolute atomic E-state index is 13.3. The van der Waals surface area contributed by atoms with Crippen molar-refractivity contribution in [3.8, 4) is 11.3 Å². The molecule has 2 saturated heterocycles. The van der Waals surface area contributed by atoms with Gasteiger partial charge in [-0.3, -0.25) is 9.69 Å². The van der Waals surface area contributed by atoms with Crippen molar-refractivity contribution in [2.75, 3.05) is 37.6 Å². The Bertz CT molecular complexity index is 1580. The highest BCUT2D eigenvalue weighted by atomic mass is 35.5. The fraction of sp³-hybridized carbons (Fsp3) is 0.483. The topological polar surface area (TPSA) is 98.7 Å². The van der Waals surface area contributed by atoms with Gasteiger partial charge >= 0.3 is 6.18 Å². The molecule has 5 rings (SSSR count). The first kappa shape index (κ1) is 32.6. The van der Waals surface area contributed by atoms with E-state index in [0.717, 1.165) is 43.0 Å². The molecule has 1 aromatic carbocycles. The first-order valence-electron chi connectivity index (χ1n) is 14.5. The Morgan fingerprint density at radius 3 is 2.45 bits per heavy atom. The van der Waals surface area contributed by atoms with E-state index >= 15 is 0 Å². The highest BCUT2D eigenvalue weighted by Crippen LogP contribution is 2.33. The van der Waals surface area contributed by atoms with Crippen molar-refractivity contribution >= 4 is 44.8 Å². The summed E-state index contributed by atoms with van der Waals surface area (Å²) < 4.78 is 67.7. The van der Waals surface area contributed by atoms with E-state index in [4.69, 9.17) is 21.6 Å². The van der Waals surface area contributed by atoms with E-state index in [9.17, 15) is 26.4 Å². The van der Waals surface area contributed by atoms with Gasteiger partial charge in [0.25, 0.3) is 10.0 Å². The Balaban J connectivity index is 1.38. The molecule has 238 valence electrons. The van der Waals surface area contributed by atoms with E-state index in [1.165, 1.54) is 28.6 Å². The minimum atomic E-state index is -4.46. The van der Waals surface area contributed by atoms with Crippen molar-refractivity contribution in [3.05, 3.63) is 58.1 Å². The summed E-state index contributed by atoms with van der Waals surface area (Å²) in [7, 11) is -3.90. The van der Waals surface area contributed by atoms with Crippen LogP contribution in [-0.2, 0) is 27.5 Å². The number of likely N-dealkylation sites (N-methyl/N-ethyl adjacent to an activating group) is 1. The van der Waals surface area contributed by atoms with E-state index in [1.54, 1.807) is 6.07 Å². The van der Waals surface area contributed by atoms with Gasteiger partial charge in [-0.1, -0.05) is 37.6 Å². The molecule has 1 unspecified atom stereocenters. The lowest BCUT2D eigenvalue weighted by Crippen LogP contribution is -2.45. The van der Waals surface area contributed by atoms with Crippen LogP contribution in [-0.4, -0.2) is 78.3 Å². The van der Waals surface area contributed by atoms with Gasteiger partial charge in [0, 0.05) is 31.2 Å². The Hall–Kier alpha value is -2.78. The molecule has 1 amide bonds. The molecule has 9 nitrogen and oxygen atoms in total. The van der Waals surface area contributed by atoms with E-state index in [-0.39, 0.29) is 17.3 Å². The third-order valence-corrected chi connectivity index (χ3v) is 11.7. The van der Waals surface area contributed by atoms with Gasteiger partial charge in [-0.05, 0) is 62.7 Å². The molecule has 3 aromatic rings. The van der Waals surface area contributed by atoms with Crippen LogP contribution in [0.15, 0.2) is 46.7 Å². The Kier molecular flexibility index (Phi) is 9.85. The fourth-order valence-corrected chi connectivity index (χ4v) is 9.06. The Morgan fingerprint density at radius 1 is 1.09 bits per heavy atom. The SMILES string of the molecule is CCN(CC)C1CCN(c2nc(CNC(=O)[C@@H]3CCCN3S(=O)(=O)c3ccc(Cl)s3)cc(-c3ccc(C(F)(F)F)cc3)n2)C1. The van der Waals surface area contributed by atoms with Crippen molar-refractivity contribution < 1.29 is 26.4 Å². The number of carbonyl (C=O) groups is 1. The van der Waals surface area contributed by atoms with Gasteiger partial charge in [0.2, 0.25) is 11.9 Å². The number of amides is 1. The molecule has 1 N–H and O–H groups in total. The molecule has 0 radical (unpaired) electrons. The number of sulfonamides is 1. The molecule has 2 atom stereocenters. The Labute approximate surface area is 264 Å².